The molecule has 0 unspecified atom stereocenters. The molecule has 1 aliphatic heterocycles. The van der Waals surface area contributed by atoms with Crippen molar-refractivity contribution in [3.63, 3.8) is 0 Å². The molecule has 8 heteroatoms. The lowest BCUT2D eigenvalue weighted by Gasteiger charge is -2.13. The molecular weight excluding hydrogens is 336 g/mol. The van der Waals surface area contributed by atoms with E-state index in [0.717, 1.165) is 5.56 Å². The van der Waals surface area contributed by atoms with Gasteiger partial charge >= 0.3 is 0 Å². The van der Waals surface area contributed by atoms with Gasteiger partial charge in [-0.3, -0.25) is 9.59 Å². The summed E-state index contributed by atoms with van der Waals surface area (Å²) in [5.41, 5.74) is 0.774. The average molecular weight is 352 g/mol. The van der Waals surface area contributed by atoms with Crippen molar-refractivity contribution < 1.29 is 19.1 Å². The summed E-state index contributed by atoms with van der Waals surface area (Å²) in [4.78, 5) is 25.2. The van der Waals surface area contributed by atoms with Gasteiger partial charge in [0.15, 0.2) is 18.1 Å². The summed E-state index contributed by atoms with van der Waals surface area (Å²) in [6.07, 6.45) is 1.72. The standard InChI is InChI=1S/C15H16N2O4S2/c1-17(2)13(18)8-21-10-5-4-9(6-11(10)20-3)7-12-14(19)16-15(22)23-12/h4-7H,8H2,1-3H3,(H,16,19,22)/b12-7-. The van der Waals surface area contributed by atoms with E-state index in [1.165, 1.54) is 23.8 Å². The second kappa shape index (κ2) is 7.47. The third-order valence-electron chi connectivity index (χ3n) is 2.98. The van der Waals surface area contributed by atoms with Gasteiger partial charge in [-0.15, -0.1) is 0 Å². The molecule has 2 amide bonds. The number of benzene rings is 1. The molecule has 6 nitrogen and oxygen atoms in total. The lowest BCUT2D eigenvalue weighted by atomic mass is 10.2. The topological polar surface area (TPSA) is 67.9 Å². The maximum Gasteiger partial charge on any atom is 0.263 e. The third kappa shape index (κ3) is 4.46. The number of ether oxygens (including phenoxy) is 2. The molecule has 1 aromatic carbocycles. The zero-order chi connectivity index (χ0) is 17.0. The van der Waals surface area contributed by atoms with E-state index in [0.29, 0.717) is 20.7 Å². The molecule has 1 saturated heterocycles. The van der Waals surface area contributed by atoms with Crippen LogP contribution in [0.4, 0.5) is 0 Å². The molecule has 0 aliphatic carbocycles. The Morgan fingerprint density at radius 1 is 1.39 bits per heavy atom. The number of carbonyl (C=O) groups is 2. The average Bonchev–Trinajstić information content (AvgIpc) is 2.82. The maximum atomic E-state index is 11.7. The van der Waals surface area contributed by atoms with E-state index in [4.69, 9.17) is 21.7 Å². The Labute approximate surface area is 143 Å². The van der Waals surface area contributed by atoms with E-state index in [-0.39, 0.29) is 18.4 Å². The summed E-state index contributed by atoms with van der Waals surface area (Å²) >= 11 is 6.16. The molecule has 0 bridgehead atoms. The van der Waals surface area contributed by atoms with Crippen molar-refractivity contribution in [2.45, 2.75) is 0 Å². The SMILES string of the molecule is COc1cc(/C=C2\SC(=S)NC2=O)ccc1OCC(=O)N(C)C. The van der Waals surface area contributed by atoms with Crippen LogP contribution in [0.1, 0.15) is 5.56 Å². The Balaban J connectivity index is 2.16. The fourth-order valence-corrected chi connectivity index (χ4v) is 2.78. The molecule has 0 atom stereocenters. The Kier molecular flexibility index (Phi) is 5.62. The molecular formula is C15H16N2O4S2. The lowest BCUT2D eigenvalue weighted by Crippen LogP contribution is -2.27. The normalized spacial score (nSPS) is 15.5. The van der Waals surface area contributed by atoms with Crippen molar-refractivity contribution in [3.05, 3.63) is 28.7 Å². The van der Waals surface area contributed by atoms with Crippen LogP contribution in [0, 0.1) is 0 Å². The highest BCUT2D eigenvalue weighted by Crippen LogP contribution is 2.31. The first kappa shape index (κ1) is 17.3. The number of carbonyl (C=O) groups excluding carboxylic acids is 2. The fraction of sp³-hybridized carbons (Fsp3) is 0.267. The van der Waals surface area contributed by atoms with Crippen molar-refractivity contribution >= 4 is 46.2 Å². The molecule has 0 spiro atoms. The van der Waals surface area contributed by atoms with Gasteiger partial charge in [-0.05, 0) is 23.8 Å². The number of likely N-dealkylation sites (N-methyl/N-ethyl adjacent to an activating group) is 1. The number of methoxy groups -OCH3 is 1. The predicted octanol–water partition coefficient (Wildman–Crippen LogP) is 1.65. The quantitative estimate of drug-likeness (QED) is 0.642. The minimum atomic E-state index is -0.212. The summed E-state index contributed by atoms with van der Waals surface area (Å²) < 4.78 is 11.2. The molecule has 122 valence electrons. The number of rotatable bonds is 5. The van der Waals surface area contributed by atoms with Gasteiger partial charge in [0.1, 0.15) is 4.32 Å². The van der Waals surface area contributed by atoms with E-state index < -0.39 is 0 Å². The molecule has 1 fully saturated rings. The highest BCUT2D eigenvalue weighted by Gasteiger charge is 2.22. The van der Waals surface area contributed by atoms with Gasteiger partial charge in [-0.1, -0.05) is 30.0 Å². The Morgan fingerprint density at radius 3 is 2.70 bits per heavy atom. The monoisotopic (exact) mass is 352 g/mol. The summed E-state index contributed by atoms with van der Waals surface area (Å²) in [7, 11) is 4.83. The molecule has 0 radical (unpaired) electrons. The van der Waals surface area contributed by atoms with Gasteiger partial charge in [0.25, 0.3) is 11.8 Å². The molecule has 1 N–H and O–H groups in total. The predicted molar refractivity (Wildman–Crippen MR) is 93.5 cm³/mol. The van der Waals surface area contributed by atoms with E-state index >= 15 is 0 Å². The van der Waals surface area contributed by atoms with Gasteiger partial charge < -0.3 is 19.7 Å². The van der Waals surface area contributed by atoms with Crippen molar-refractivity contribution in [1.82, 2.24) is 10.2 Å². The van der Waals surface area contributed by atoms with Gasteiger partial charge in [-0.25, -0.2) is 0 Å². The van der Waals surface area contributed by atoms with Crippen LogP contribution in [0.2, 0.25) is 0 Å². The molecule has 23 heavy (non-hydrogen) atoms. The first-order valence-electron chi connectivity index (χ1n) is 6.66. The third-order valence-corrected chi connectivity index (χ3v) is 4.14. The summed E-state index contributed by atoms with van der Waals surface area (Å²) in [6.45, 7) is -0.0731. The summed E-state index contributed by atoms with van der Waals surface area (Å²) in [5, 5.41) is 2.56. The van der Waals surface area contributed by atoms with Crippen molar-refractivity contribution in [2.24, 2.45) is 0 Å². The van der Waals surface area contributed by atoms with E-state index in [9.17, 15) is 9.59 Å². The smallest absolute Gasteiger partial charge is 0.263 e. The summed E-state index contributed by atoms with van der Waals surface area (Å²) in [6, 6.07) is 5.21. The molecule has 0 aromatic heterocycles. The Bertz CT molecular complexity index is 686. The van der Waals surface area contributed by atoms with Crippen molar-refractivity contribution in [3.8, 4) is 11.5 Å². The van der Waals surface area contributed by atoms with E-state index in [1.54, 1.807) is 38.4 Å². The number of thiocarbonyl (C=S) groups is 1. The van der Waals surface area contributed by atoms with Crippen molar-refractivity contribution in [2.75, 3.05) is 27.8 Å². The van der Waals surface area contributed by atoms with E-state index in [2.05, 4.69) is 5.32 Å². The highest BCUT2D eigenvalue weighted by atomic mass is 32.2. The van der Waals surface area contributed by atoms with Gasteiger partial charge in [0, 0.05) is 14.1 Å². The lowest BCUT2D eigenvalue weighted by molar-refractivity contribution is -0.130. The van der Waals surface area contributed by atoms with Crippen LogP contribution >= 0.6 is 24.0 Å². The second-order valence-corrected chi connectivity index (χ2v) is 6.56. The number of nitrogens with one attached hydrogen (secondary N) is 1. The van der Waals surface area contributed by atoms with Crippen LogP contribution in [0.5, 0.6) is 11.5 Å². The molecule has 1 aromatic rings. The Morgan fingerprint density at radius 2 is 2.13 bits per heavy atom. The summed E-state index contributed by atoms with van der Waals surface area (Å²) in [5.74, 6) is 0.586. The van der Waals surface area contributed by atoms with E-state index in [1.807, 2.05) is 0 Å². The number of amides is 2. The number of thioether (sulfide) groups is 1. The zero-order valence-electron chi connectivity index (χ0n) is 12.9. The minimum absolute atomic E-state index is 0.0731. The van der Waals surface area contributed by atoms with Crippen LogP contribution in [0.25, 0.3) is 6.08 Å². The fourth-order valence-electron chi connectivity index (χ4n) is 1.73. The van der Waals surface area contributed by atoms with Crippen LogP contribution in [-0.2, 0) is 9.59 Å². The zero-order valence-corrected chi connectivity index (χ0v) is 14.5. The molecule has 1 aliphatic rings. The highest BCUT2D eigenvalue weighted by molar-refractivity contribution is 8.26. The van der Waals surface area contributed by atoms with Gasteiger partial charge in [0.05, 0.1) is 12.0 Å². The molecule has 0 saturated carbocycles. The van der Waals surface area contributed by atoms with Crippen molar-refractivity contribution in [1.29, 1.82) is 0 Å². The first-order chi connectivity index (χ1) is 10.9. The molecule has 1 heterocycles. The first-order valence-corrected chi connectivity index (χ1v) is 7.89. The largest absolute Gasteiger partial charge is 0.493 e. The maximum absolute atomic E-state index is 11.7. The van der Waals surface area contributed by atoms with Crippen LogP contribution in [0.15, 0.2) is 23.1 Å². The Hall–Kier alpha value is -2.06. The number of hydrogen-bond donors (Lipinski definition) is 1. The molecule has 2 rings (SSSR count). The van der Waals surface area contributed by atoms with Crippen LogP contribution < -0.4 is 14.8 Å². The number of nitrogens with zero attached hydrogens (tertiary/aromatic N) is 1. The minimum Gasteiger partial charge on any atom is -0.493 e. The second-order valence-electron chi connectivity index (χ2n) is 4.84. The van der Waals surface area contributed by atoms with Gasteiger partial charge in [-0.2, -0.15) is 0 Å². The van der Waals surface area contributed by atoms with Crippen LogP contribution in [-0.4, -0.2) is 48.8 Å². The number of hydrogen-bond acceptors (Lipinski definition) is 6. The van der Waals surface area contributed by atoms with Crippen LogP contribution in [0.3, 0.4) is 0 Å². The van der Waals surface area contributed by atoms with Gasteiger partial charge in [0.2, 0.25) is 0 Å².